The van der Waals surface area contributed by atoms with Gasteiger partial charge in [-0.1, -0.05) is 0 Å². The lowest BCUT2D eigenvalue weighted by molar-refractivity contribution is -0.136. The van der Waals surface area contributed by atoms with Gasteiger partial charge in [-0.25, -0.2) is 0 Å². The largest absolute Gasteiger partial charge is 0.399 e. The fourth-order valence-corrected chi connectivity index (χ4v) is 2.49. The predicted molar refractivity (Wildman–Crippen MR) is 80.0 cm³/mol. The quantitative estimate of drug-likeness (QED) is 0.823. The average molecular weight is 291 g/mol. The van der Waals surface area contributed by atoms with Gasteiger partial charge in [0.2, 0.25) is 5.91 Å². The van der Waals surface area contributed by atoms with Gasteiger partial charge in [-0.3, -0.25) is 9.59 Å². The standard InChI is InChI=1S/C15H21N3O3/c1-11-7-12(9-13(16)8-11)15(20)18-5-3-17(4-6-18)14(19)10-21-2/h7-9H,3-6,10,16H2,1-2H3. The smallest absolute Gasteiger partial charge is 0.254 e. The molecule has 1 aliphatic heterocycles. The second-order valence-electron chi connectivity index (χ2n) is 5.24. The summed E-state index contributed by atoms with van der Waals surface area (Å²) < 4.78 is 4.84. The van der Waals surface area contributed by atoms with Crippen LogP contribution in [0.4, 0.5) is 5.69 Å². The molecule has 0 spiro atoms. The molecule has 6 nitrogen and oxygen atoms in total. The van der Waals surface area contributed by atoms with Gasteiger partial charge in [0, 0.05) is 44.5 Å². The summed E-state index contributed by atoms with van der Waals surface area (Å²) in [7, 11) is 1.50. The van der Waals surface area contributed by atoms with E-state index >= 15 is 0 Å². The molecule has 0 saturated carbocycles. The summed E-state index contributed by atoms with van der Waals surface area (Å²) in [6, 6.07) is 5.36. The number of amides is 2. The first-order valence-corrected chi connectivity index (χ1v) is 6.94. The molecule has 2 rings (SSSR count). The fraction of sp³-hybridized carbons (Fsp3) is 0.467. The zero-order valence-electron chi connectivity index (χ0n) is 12.5. The van der Waals surface area contributed by atoms with Crippen LogP contribution in [-0.2, 0) is 9.53 Å². The third-order valence-electron chi connectivity index (χ3n) is 3.53. The second kappa shape index (κ2) is 6.58. The van der Waals surface area contributed by atoms with Crippen LogP contribution in [0.5, 0.6) is 0 Å². The van der Waals surface area contributed by atoms with Crippen LogP contribution >= 0.6 is 0 Å². The Morgan fingerprint density at radius 3 is 2.33 bits per heavy atom. The third-order valence-corrected chi connectivity index (χ3v) is 3.53. The monoisotopic (exact) mass is 291 g/mol. The number of piperazine rings is 1. The lowest BCUT2D eigenvalue weighted by atomic mass is 10.1. The molecule has 0 bridgehead atoms. The minimum absolute atomic E-state index is 0.0376. The number of rotatable bonds is 3. The van der Waals surface area contributed by atoms with Crippen LogP contribution in [0.1, 0.15) is 15.9 Å². The van der Waals surface area contributed by atoms with Gasteiger partial charge in [0.05, 0.1) is 0 Å². The van der Waals surface area contributed by atoms with E-state index in [4.69, 9.17) is 10.5 Å². The van der Waals surface area contributed by atoms with E-state index < -0.39 is 0 Å². The van der Waals surface area contributed by atoms with Gasteiger partial charge in [0.25, 0.3) is 5.91 Å². The molecule has 0 atom stereocenters. The van der Waals surface area contributed by atoms with Crippen LogP contribution in [-0.4, -0.2) is 61.5 Å². The summed E-state index contributed by atoms with van der Waals surface area (Å²) in [5, 5.41) is 0. The van der Waals surface area contributed by atoms with Crippen molar-refractivity contribution < 1.29 is 14.3 Å². The molecule has 114 valence electrons. The van der Waals surface area contributed by atoms with Crippen LogP contribution in [0, 0.1) is 6.92 Å². The van der Waals surface area contributed by atoms with E-state index in [1.54, 1.807) is 15.9 Å². The SMILES string of the molecule is COCC(=O)N1CCN(C(=O)c2cc(C)cc(N)c2)CC1. The van der Waals surface area contributed by atoms with Gasteiger partial charge < -0.3 is 20.3 Å². The highest BCUT2D eigenvalue weighted by Crippen LogP contribution is 2.15. The molecule has 1 fully saturated rings. The molecule has 1 saturated heterocycles. The van der Waals surface area contributed by atoms with Crippen LogP contribution in [0.25, 0.3) is 0 Å². The van der Waals surface area contributed by atoms with Crippen LogP contribution in [0.15, 0.2) is 18.2 Å². The number of hydrogen-bond donors (Lipinski definition) is 1. The van der Waals surface area contributed by atoms with E-state index in [9.17, 15) is 9.59 Å². The van der Waals surface area contributed by atoms with Crippen molar-refractivity contribution in [3.05, 3.63) is 29.3 Å². The van der Waals surface area contributed by atoms with Crippen LogP contribution < -0.4 is 5.73 Å². The maximum Gasteiger partial charge on any atom is 0.254 e. The molecule has 0 radical (unpaired) electrons. The van der Waals surface area contributed by atoms with E-state index in [0.29, 0.717) is 37.4 Å². The highest BCUT2D eigenvalue weighted by Gasteiger charge is 2.24. The van der Waals surface area contributed by atoms with Crippen molar-refractivity contribution in [2.75, 3.05) is 45.6 Å². The van der Waals surface area contributed by atoms with Crippen molar-refractivity contribution in [1.29, 1.82) is 0 Å². The summed E-state index contributed by atoms with van der Waals surface area (Å²) >= 11 is 0. The summed E-state index contributed by atoms with van der Waals surface area (Å²) in [6.07, 6.45) is 0. The highest BCUT2D eigenvalue weighted by molar-refractivity contribution is 5.95. The number of methoxy groups -OCH3 is 1. The fourth-order valence-electron chi connectivity index (χ4n) is 2.49. The summed E-state index contributed by atoms with van der Waals surface area (Å²) in [4.78, 5) is 27.6. The van der Waals surface area contributed by atoms with E-state index in [2.05, 4.69) is 0 Å². The lowest BCUT2D eigenvalue weighted by Crippen LogP contribution is -2.51. The van der Waals surface area contributed by atoms with E-state index in [0.717, 1.165) is 5.56 Å². The number of benzene rings is 1. The van der Waals surface area contributed by atoms with Gasteiger partial charge in [-0.15, -0.1) is 0 Å². The molecule has 1 aromatic carbocycles. The molecule has 1 aliphatic rings. The number of ether oxygens (including phenoxy) is 1. The van der Waals surface area contributed by atoms with Crippen molar-refractivity contribution in [3.8, 4) is 0 Å². The topological polar surface area (TPSA) is 75.9 Å². The van der Waals surface area contributed by atoms with E-state index in [1.165, 1.54) is 7.11 Å². The van der Waals surface area contributed by atoms with Gasteiger partial charge in [-0.2, -0.15) is 0 Å². The van der Waals surface area contributed by atoms with Crippen LogP contribution in [0.3, 0.4) is 0 Å². The first-order chi connectivity index (χ1) is 10.0. The minimum Gasteiger partial charge on any atom is -0.399 e. The van der Waals surface area contributed by atoms with E-state index in [1.807, 2.05) is 19.1 Å². The third kappa shape index (κ3) is 3.72. The Labute approximate surface area is 124 Å². The first-order valence-electron chi connectivity index (χ1n) is 6.94. The van der Waals surface area contributed by atoms with Crippen LogP contribution in [0.2, 0.25) is 0 Å². The molecule has 0 unspecified atom stereocenters. The predicted octanol–water partition coefficient (Wildman–Crippen LogP) is 0.508. The summed E-state index contributed by atoms with van der Waals surface area (Å²) in [5.74, 6) is -0.0753. The number of carbonyl (C=O) groups excluding carboxylic acids is 2. The molecule has 6 heteroatoms. The van der Waals surface area contributed by atoms with Gasteiger partial charge in [0.15, 0.2) is 0 Å². The van der Waals surface area contributed by atoms with E-state index in [-0.39, 0.29) is 18.4 Å². The Hall–Kier alpha value is -2.08. The zero-order chi connectivity index (χ0) is 15.4. The zero-order valence-corrected chi connectivity index (χ0v) is 12.5. The molecule has 2 amide bonds. The normalized spacial score (nSPS) is 15.1. The maximum absolute atomic E-state index is 12.4. The molecule has 0 aromatic heterocycles. The van der Waals surface area contributed by atoms with Gasteiger partial charge >= 0.3 is 0 Å². The number of anilines is 1. The van der Waals surface area contributed by atoms with Gasteiger partial charge in [0.1, 0.15) is 6.61 Å². The van der Waals surface area contributed by atoms with Crippen molar-refractivity contribution in [2.45, 2.75) is 6.92 Å². The Bertz CT molecular complexity index is 517. The number of nitrogen functional groups attached to an aromatic ring is 1. The van der Waals surface area contributed by atoms with Crippen molar-refractivity contribution >= 4 is 17.5 Å². The average Bonchev–Trinajstić information content (AvgIpc) is 2.46. The number of nitrogens with two attached hydrogens (primary N) is 1. The summed E-state index contributed by atoms with van der Waals surface area (Å²) in [5.41, 5.74) is 7.94. The molecular formula is C15H21N3O3. The Kier molecular flexibility index (Phi) is 4.80. The Morgan fingerprint density at radius 2 is 1.76 bits per heavy atom. The molecule has 0 aliphatic carbocycles. The first kappa shape index (κ1) is 15.3. The Morgan fingerprint density at radius 1 is 1.14 bits per heavy atom. The number of carbonyl (C=O) groups is 2. The number of aryl methyl sites for hydroxylation is 1. The Balaban J connectivity index is 1.98. The minimum atomic E-state index is -0.0377. The van der Waals surface area contributed by atoms with Crippen molar-refractivity contribution in [1.82, 2.24) is 9.80 Å². The number of hydrogen-bond acceptors (Lipinski definition) is 4. The number of nitrogens with zero attached hydrogens (tertiary/aromatic N) is 2. The highest BCUT2D eigenvalue weighted by atomic mass is 16.5. The van der Waals surface area contributed by atoms with Gasteiger partial charge in [-0.05, 0) is 30.7 Å². The molecule has 1 aromatic rings. The molecule has 1 heterocycles. The maximum atomic E-state index is 12.4. The van der Waals surface area contributed by atoms with Crippen molar-refractivity contribution in [2.24, 2.45) is 0 Å². The summed E-state index contributed by atoms with van der Waals surface area (Å²) in [6.45, 7) is 4.13. The molecule has 21 heavy (non-hydrogen) atoms. The molecular weight excluding hydrogens is 270 g/mol. The lowest BCUT2D eigenvalue weighted by Gasteiger charge is -2.34. The van der Waals surface area contributed by atoms with Crippen molar-refractivity contribution in [3.63, 3.8) is 0 Å². The molecule has 2 N–H and O–H groups in total. The second-order valence-corrected chi connectivity index (χ2v) is 5.24.